The van der Waals surface area contributed by atoms with Gasteiger partial charge >= 0.3 is 0 Å². The summed E-state index contributed by atoms with van der Waals surface area (Å²) in [5.74, 6) is 2.20. The molecule has 0 atom stereocenters. The molecule has 0 aliphatic carbocycles. The number of fused-ring (bicyclic) bond motifs is 2. The summed E-state index contributed by atoms with van der Waals surface area (Å²) in [6.45, 7) is 1.81. The fourth-order valence-corrected chi connectivity index (χ4v) is 4.97. The van der Waals surface area contributed by atoms with Gasteiger partial charge in [0, 0.05) is 59.7 Å². The summed E-state index contributed by atoms with van der Waals surface area (Å²) in [7, 11) is 3.26. The number of carbonyl (C=O) groups is 1. The summed E-state index contributed by atoms with van der Waals surface area (Å²) in [4.78, 5) is 20.3. The van der Waals surface area contributed by atoms with Gasteiger partial charge < -0.3 is 24.3 Å². The maximum absolute atomic E-state index is 13.5. The van der Waals surface area contributed by atoms with Crippen molar-refractivity contribution in [3.63, 3.8) is 0 Å². The lowest BCUT2D eigenvalue weighted by molar-refractivity contribution is 0.0690. The minimum absolute atomic E-state index is 0.000000256. The number of pyridine rings is 1. The predicted octanol–water partition coefficient (Wildman–Crippen LogP) is 6.12. The average molecular weight is 505 g/mol. The van der Waals surface area contributed by atoms with Crippen LogP contribution in [0.25, 0.3) is 22.0 Å². The molecule has 1 aliphatic heterocycles. The summed E-state index contributed by atoms with van der Waals surface area (Å²) in [5.41, 5.74) is 5.47. The molecule has 3 heterocycles. The molecule has 5 aromatic rings. The highest BCUT2D eigenvalue weighted by Gasteiger charge is 2.27. The predicted molar refractivity (Wildman–Crippen MR) is 149 cm³/mol. The Labute approximate surface area is 221 Å². The van der Waals surface area contributed by atoms with Crippen molar-refractivity contribution in [2.45, 2.75) is 13.1 Å². The molecule has 7 nitrogen and oxygen atoms in total. The van der Waals surface area contributed by atoms with E-state index in [9.17, 15) is 4.79 Å². The Morgan fingerprint density at radius 3 is 2.58 bits per heavy atom. The van der Waals surface area contributed by atoms with Crippen LogP contribution in [0.1, 0.15) is 16.1 Å². The smallest absolute Gasteiger partial charge is 0.270 e. The fraction of sp³-hybridized carbons (Fsp3) is 0.161. The van der Waals surface area contributed by atoms with E-state index in [-0.39, 0.29) is 5.91 Å². The highest BCUT2D eigenvalue weighted by Crippen LogP contribution is 2.33. The maximum Gasteiger partial charge on any atom is 0.270 e. The first-order valence-corrected chi connectivity index (χ1v) is 12.6. The van der Waals surface area contributed by atoms with E-state index in [1.807, 2.05) is 76.2 Å². The number of nitrogens with zero attached hydrogens (tertiary/aromatic N) is 3. The minimum Gasteiger partial charge on any atom is -0.497 e. The normalized spacial score (nSPS) is 12.9. The summed E-state index contributed by atoms with van der Waals surface area (Å²) < 4.78 is 12.9. The number of nitrogens with one attached hydrogen (secondary N) is 1. The summed E-state index contributed by atoms with van der Waals surface area (Å²) in [6, 6.07) is 27.9. The van der Waals surface area contributed by atoms with Crippen molar-refractivity contribution in [2.75, 3.05) is 26.1 Å². The molecule has 1 aliphatic rings. The van der Waals surface area contributed by atoms with E-state index >= 15 is 0 Å². The Morgan fingerprint density at radius 2 is 1.76 bits per heavy atom. The zero-order valence-electron chi connectivity index (χ0n) is 21.3. The number of para-hydroxylation sites is 2. The molecule has 38 heavy (non-hydrogen) atoms. The minimum atomic E-state index is 0.000000256. The highest BCUT2D eigenvalue weighted by molar-refractivity contribution is 5.99. The van der Waals surface area contributed by atoms with Gasteiger partial charge in [-0.3, -0.25) is 4.79 Å². The number of benzene rings is 3. The van der Waals surface area contributed by atoms with Gasteiger partial charge in [0.15, 0.2) is 0 Å². The molecule has 3 aromatic carbocycles. The van der Waals surface area contributed by atoms with Crippen molar-refractivity contribution < 1.29 is 14.3 Å². The van der Waals surface area contributed by atoms with Crippen LogP contribution in [0.4, 0.5) is 11.5 Å². The fourth-order valence-electron chi connectivity index (χ4n) is 4.97. The van der Waals surface area contributed by atoms with Crippen molar-refractivity contribution in [3.05, 3.63) is 102 Å². The molecule has 0 saturated heterocycles. The van der Waals surface area contributed by atoms with Crippen LogP contribution in [-0.2, 0) is 13.1 Å². The summed E-state index contributed by atoms with van der Waals surface area (Å²) in [5, 5.41) is 4.43. The van der Waals surface area contributed by atoms with Gasteiger partial charge in [0.2, 0.25) is 0 Å². The SMILES string of the molecule is COc1ccc(CN2CCn3cc(-c4cccc5ccc(Nc6ccccc6)nc45)cc3C2=O)c(OC)c1. The van der Waals surface area contributed by atoms with Crippen LogP contribution >= 0.6 is 0 Å². The molecule has 0 spiro atoms. The standard InChI is InChI=1S/C31H28N4O3/c1-37-25-13-11-22(28(18-25)38-2)19-35-16-15-34-20-23(17-27(34)31(35)36)26-10-6-7-21-12-14-29(33-30(21)26)32-24-8-4-3-5-9-24/h3-14,17-18,20H,15-16,19H2,1-2H3,(H,32,33). The average Bonchev–Trinajstić information content (AvgIpc) is 3.40. The lowest BCUT2D eigenvalue weighted by Crippen LogP contribution is -2.39. The molecular weight excluding hydrogens is 476 g/mol. The first kappa shape index (κ1) is 23.6. The van der Waals surface area contributed by atoms with Crippen molar-refractivity contribution >= 4 is 28.3 Å². The molecule has 0 radical (unpaired) electrons. The number of amides is 1. The van der Waals surface area contributed by atoms with E-state index in [1.54, 1.807) is 14.2 Å². The van der Waals surface area contributed by atoms with Crippen molar-refractivity contribution in [2.24, 2.45) is 0 Å². The zero-order chi connectivity index (χ0) is 26.1. The topological polar surface area (TPSA) is 68.6 Å². The van der Waals surface area contributed by atoms with E-state index < -0.39 is 0 Å². The van der Waals surface area contributed by atoms with Gasteiger partial charge in [-0.25, -0.2) is 4.98 Å². The van der Waals surface area contributed by atoms with E-state index in [4.69, 9.17) is 14.5 Å². The number of hydrogen-bond donors (Lipinski definition) is 1. The van der Waals surface area contributed by atoms with Gasteiger partial charge in [-0.05, 0) is 42.5 Å². The van der Waals surface area contributed by atoms with Crippen molar-refractivity contribution in [1.29, 1.82) is 0 Å². The molecular formula is C31H28N4O3. The molecule has 1 N–H and O–H groups in total. The lowest BCUT2D eigenvalue weighted by Gasteiger charge is -2.29. The molecule has 1 amide bonds. The van der Waals surface area contributed by atoms with E-state index in [0.717, 1.165) is 51.4 Å². The molecule has 190 valence electrons. The van der Waals surface area contributed by atoms with E-state index in [1.165, 1.54) is 0 Å². The zero-order valence-corrected chi connectivity index (χ0v) is 21.3. The maximum atomic E-state index is 13.5. The number of rotatable bonds is 7. The van der Waals surface area contributed by atoms with Crippen LogP contribution in [0.2, 0.25) is 0 Å². The van der Waals surface area contributed by atoms with Crippen LogP contribution in [0.5, 0.6) is 11.5 Å². The molecule has 0 saturated carbocycles. The van der Waals surface area contributed by atoms with Gasteiger partial charge in [-0.15, -0.1) is 0 Å². The molecule has 0 bridgehead atoms. The van der Waals surface area contributed by atoms with Crippen LogP contribution in [0.15, 0.2) is 91.1 Å². The second kappa shape index (κ2) is 9.94. The monoisotopic (exact) mass is 504 g/mol. The van der Waals surface area contributed by atoms with Gasteiger partial charge in [-0.1, -0.05) is 36.4 Å². The first-order chi connectivity index (χ1) is 18.6. The third kappa shape index (κ3) is 4.43. The summed E-state index contributed by atoms with van der Waals surface area (Å²) in [6.07, 6.45) is 2.06. The van der Waals surface area contributed by atoms with Gasteiger partial charge in [0.1, 0.15) is 23.0 Å². The lowest BCUT2D eigenvalue weighted by atomic mass is 10.0. The van der Waals surface area contributed by atoms with Crippen LogP contribution < -0.4 is 14.8 Å². The van der Waals surface area contributed by atoms with Crippen molar-refractivity contribution in [1.82, 2.24) is 14.5 Å². The number of methoxy groups -OCH3 is 2. The van der Waals surface area contributed by atoms with E-state index in [2.05, 4.69) is 29.7 Å². The molecule has 2 aromatic heterocycles. The van der Waals surface area contributed by atoms with Crippen molar-refractivity contribution in [3.8, 4) is 22.6 Å². The molecule has 0 fully saturated rings. The quantitative estimate of drug-likeness (QED) is 0.289. The second-order valence-corrected chi connectivity index (χ2v) is 9.28. The number of carbonyl (C=O) groups excluding carboxylic acids is 1. The number of aromatic nitrogens is 2. The van der Waals surface area contributed by atoms with Crippen LogP contribution in [0, 0.1) is 0 Å². The number of anilines is 2. The van der Waals surface area contributed by atoms with Gasteiger partial charge in [0.25, 0.3) is 5.91 Å². The van der Waals surface area contributed by atoms with Crippen LogP contribution in [-0.4, -0.2) is 41.1 Å². The molecule has 0 unspecified atom stereocenters. The second-order valence-electron chi connectivity index (χ2n) is 9.28. The third-order valence-corrected chi connectivity index (χ3v) is 6.95. The van der Waals surface area contributed by atoms with Gasteiger partial charge in [-0.2, -0.15) is 0 Å². The Morgan fingerprint density at radius 1 is 0.895 bits per heavy atom. The Kier molecular flexibility index (Phi) is 6.17. The molecule has 6 rings (SSSR count). The number of hydrogen-bond acceptors (Lipinski definition) is 5. The largest absolute Gasteiger partial charge is 0.497 e. The Balaban J connectivity index is 1.30. The Bertz CT molecular complexity index is 1630. The van der Waals surface area contributed by atoms with Gasteiger partial charge in [0.05, 0.1) is 19.7 Å². The van der Waals surface area contributed by atoms with Crippen LogP contribution in [0.3, 0.4) is 0 Å². The third-order valence-electron chi connectivity index (χ3n) is 6.95. The Hall–Kier alpha value is -4.78. The number of ether oxygens (including phenoxy) is 2. The first-order valence-electron chi connectivity index (χ1n) is 12.6. The molecule has 7 heteroatoms. The summed E-state index contributed by atoms with van der Waals surface area (Å²) >= 11 is 0. The highest BCUT2D eigenvalue weighted by atomic mass is 16.5. The van der Waals surface area contributed by atoms with E-state index in [0.29, 0.717) is 24.5 Å².